The molecule has 3 aromatic carbocycles. The molecule has 0 radical (unpaired) electrons. The average molecular weight is 308 g/mol. The Morgan fingerprint density at radius 1 is 0.870 bits per heavy atom. The van der Waals surface area contributed by atoms with E-state index < -0.39 is 0 Å². The van der Waals surface area contributed by atoms with Crippen molar-refractivity contribution in [2.24, 2.45) is 0 Å². The fourth-order valence-corrected chi connectivity index (χ4v) is 2.62. The van der Waals surface area contributed by atoms with Crippen LogP contribution >= 0.6 is 0 Å². The third-order valence-corrected chi connectivity index (χ3v) is 3.81. The van der Waals surface area contributed by atoms with Crippen molar-refractivity contribution in [2.75, 3.05) is 19.8 Å². The van der Waals surface area contributed by atoms with Crippen LogP contribution in [0.2, 0.25) is 0 Å². The van der Waals surface area contributed by atoms with Crippen LogP contribution in [0.3, 0.4) is 0 Å². The molecule has 0 unspecified atom stereocenters. The Hall–Kier alpha value is -2.39. The highest BCUT2D eigenvalue weighted by Crippen LogP contribution is 2.24. The summed E-state index contributed by atoms with van der Waals surface area (Å²) in [6, 6.07) is 18.2. The summed E-state index contributed by atoms with van der Waals surface area (Å²) < 4.78 is 10.5. The second-order valence-corrected chi connectivity index (χ2v) is 5.45. The molecule has 0 spiro atoms. The number of carbonyl (C=O) groups excluding carboxylic acids is 1. The van der Waals surface area contributed by atoms with Crippen LogP contribution in [-0.2, 0) is 9.47 Å². The Kier molecular flexibility index (Phi) is 4.89. The third kappa shape index (κ3) is 3.69. The minimum atomic E-state index is -0.281. The van der Waals surface area contributed by atoms with Crippen LogP contribution in [0, 0.1) is 0 Å². The van der Waals surface area contributed by atoms with Crippen molar-refractivity contribution in [3.63, 3.8) is 0 Å². The fraction of sp³-hybridized carbons (Fsp3) is 0.250. The fourth-order valence-electron chi connectivity index (χ4n) is 2.62. The molecule has 0 aliphatic carbocycles. The highest BCUT2D eigenvalue weighted by Gasteiger charge is 2.08. The molecule has 0 amide bonds. The van der Waals surface area contributed by atoms with Gasteiger partial charge in [-0.3, -0.25) is 0 Å². The minimum Gasteiger partial charge on any atom is -0.462 e. The molecule has 0 saturated carbocycles. The lowest BCUT2D eigenvalue weighted by atomic mass is 10.0. The van der Waals surface area contributed by atoms with Crippen LogP contribution in [0.4, 0.5) is 0 Å². The van der Waals surface area contributed by atoms with Gasteiger partial charge in [0.15, 0.2) is 0 Å². The molecule has 3 heteroatoms. The predicted molar refractivity (Wildman–Crippen MR) is 92.8 cm³/mol. The van der Waals surface area contributed by atoms with Gasteiger partial charge in [0.05, 0.1) is 12.2 Å². The van der Waals surface area contributed by atoms with Crippen molar-refractivity contribution in [3.8, 4) is 0 Å². The summed E-state index contributed by atoms with van der Waals surface area (Å²) in [4.78, 5) is 12.1. The molecular formula is C20H20O3. The summed E-state index contributed by atoms with van der Waals surface area (Å²) in [7, 11) is 0. The van der Waals surface area contributed by atoms with E-state index in [4.69, 9.17) is 9.47 Å². The van der Waals surface area contributed by atoms with Crippen LogP contribution in [0.1, 0.15) is 23.7 Å². The summed E-state index contributed by atoms with van der Waals surface area (Å²) >= 11 is 0. The molecule has 0 atom stereocenters. The molecule has 0 fully saturated rings. The molecule has 3 rings (SSSR count). The van der Waals surface area contributed by atoms with E-state index in [1.54, 1.807) is 0 Å². The van der Waals surface area contributed by atoms with Gasteiger partial charge in [0, 0.05) is 19.6 Å². The van der Waals surface area contributed by atoms with E-state index in [1.807, 2.05) is 37.3 Å². The molecule has 3 nitrogen and oxygen atoms in total. The molecule has 23 heavy (non-hydrogen) atoms. The van der Waals surface area contributed by atoms with Crippen molar-refractivity contribution in [3.05, 3.63) is 60.2 Å². The van der Waals surface area contributed by atoms with Crippen molar-refractivity contribution in [1.82, 2.24) is 0 Å². The first-order chi connectivity index (χ1) is 11.3. The van der Waals surface area contributed by atoms with Crippen molar-refractivity contribution < 1.29 is 14.3 Å². The number of rotatable bonds is 6. The summed E-state index contributed by atoms with van der Waals surface area (Å²) in [5.41, 5.74) is 0.587. The van der Waals surface area contributed by atoms with Crippen molar-refractivity contribution in [2.45, 2.75) is 13.3 Å². The lowest BCUT2D eigenvalue weighted by Gasteiger charge is -2.07. The summed E-state index contributed by atoms with van der Waals surface area (Å²) in [6.45, 7) is 3.64. The molecule has 0 aromatic heterocycles. The average Bonchev–Trinajstić information content (AvgIpc) is 2.59. The van der Waals surface area contributed by atoms with E-state index in [0.29, 0.717) is 25.4 Å². The predicted octanol–water partition coefficient (Wildman–Crippen LogP) is 4.58. The van der Waals surface area contributed by atoms with Gasteiger partial charge in [0.25, 0.3) is 0 Å². The highest BCUT2D eigenvalue weighted by atomic mass is 16.5. The molecule has 3 aromatic rings. The maximum atomic E-state index is 12.1. The van der Waals surface area contributed by atoms with Gasteiger partial charge in [-0.15, -0.1) is 0 Å². The zero-order valence-electron chi connectivity index (χ0n) is 13.2. The number of fused-ring (bicyclic) bond motifs is 2. The molecule has 0 heterocycles. The topological polar surface area (TPSA) is 35.5 Å². The van der Waals surface area contributed by atoms with Gasteiger partial charge in [-0.25, -0.2) is 4.79 Å². The number of ether oxygens (including phenoxy) is 2. The van der Waals surface area contributed by atoms with E-state index in [9.17, 15) is 4.79 Å². The molecule has 0 N–H and O–H groups in total. The van der Waals surface area contributed by atoms with E-state index in [0.717, 1.165) is 17.2 Å². The molecule has 0 aliphatic heterocycles. The van der Waals surface area contributed by atoms with Gasteiger partial charge in [-0.05, 0) is 52.7 Å². The Balaban J connectivity index is 1.76. The molecule has 118 valence electrons. The van der Waals surface area contributed by atoms with Crippen LogP contribution < -0.4 is 0 Å². The van der Waals surface area contributed by atoms with Gasteiger partial charge in [-0.1, -0.05) is 30.3 Å². The van der Waals surface area contributed by atoms with Crippen molar-refractivity contribution in [1.29, 1.82) is 0 Å². The highest BCUT2D eigenvalue weighted by molar-refractivity contribution is 6.01. The van der Waals surface area contributed by atoms with Crippen LogP contribution in [0.15, 0.2) is 54.6 Å². The van der Waals surface area contributed by atoms with Gasteiger partial charge < -0.3 is 9.47 Å². The van der Waals surface area contributed by atoms with E-state index in [1.165, 1.54) is 10.8 Å². The summed E-state index contributed by atoms with van der Waals surface area (Å²) in [5, 5.41) is 4.54. The minimum absolute atomic E-state index is 0.281. The van der Waals surface area contributed by atoms with Gasteiger partial charge in [0.2, 0.25) is 0 Å². The monoisotopic (exact) mass is 308 g/mol. The zero-order valence-corrected chi connectivity index (χ0v) is 13.2. The Labute approximate surface area is 135 Å². The van der Waals surface area contributed by atoms with E-state index in [-0.39, 0.29) is 5.97 Å². The first-order valence-electron chi connectivity index (χ1n) is 7.95. The van der Waals surface area contributed by atoms with Gasteiger partial charge in [0.1, 0.15) is 0 Å². The quantitative estimate of drug-likeness (QED) is 0.380. The van der Waals surface area contributed by atoms with Crippen molar-refractivity contribution >= 4 is 27.5 Å². The number of carbonyl (C=O) groups is 1. The summed E-state index contributed by atoms with van der Waals surface area (Å²) in [6.07, 6.45) is 0.720. The first-order valence-corrected chi connectivity index (χ1v) is 7.95. The van der Waals surface area contributed by atoms with Crippen LogP contribution in [0.25, 0.3) is 21.5 Å². The molecule has 0 aliphatic rings. The SMILES string of the molecule is CCOCCCOC(=O)c1ccc2cc3ccccc3cc2c1. The lowest BCUT2D eigenvalue weighted by Crippen LogP contribution is -2.08. The second kappa shape index (κ2) is 7.25. The summed E-state index contributed by atoms with van der Waals surface area (Å²) in [5.74, 6) is -0.281. The molecule has 0 saturated heterocycles. The molecular weight excluding hydrogens is 288 g/mol. The lowest BCUT2D eigenvalue weighted by molar-refractivity contribution is 0.0452. The van der Waals surface area contributed by atoms with Gasteiger partial charge >= 0.3 is 5.97 Å². The van der Waals surface area contributed by atoms with E-state index in [2.05, 4.69) is 24.3 Å². The normalized spacial score (nSPS) is 11.0. The first kappa shape index (κ1) is 15.5. The smallest absolute Gasteiger partial charge is 0.338 e. The number of hydrogen-bond donors (Lipinski definition) is 0. The zero-order chi connectivity index (χ0) is 16.1. The number of esters is 1. The maximum Gasteiger partial charge on any atom is 0.338 e. The van der Waals surface area contributed by atoms with E-state index >= 15 is 0 Å². The largest absolute Gasteiger partial charge is 0.462 e. The number of hydrogen-bond acceptors (Lipinski definition) is 3. The van der Waals surface area contributed by atoms with Crippen LogP contribution in [0.5, 0.6) is 0 Å². The number of benzene rings is 3. The second-order valence-electron chi connectivity index (χ2n) is 5.45. The van der Waals surface area contributed by atoms with Crippen LogP contribution in [-0.4, -0.2) is 25.8 Å². The third-order valence-electron chi connectivity index (χ3n) is 3.81. The standard InChI is InChI=1S/C20H20O3/c1-2-22-10-5-11-23-20(21)18-9-8-17-12-15-6-3-4-7-16(15)13-19(17)14-18/h3-4,6-9,12-14H,2,5,10-11H2,1H3. The molecule has 0 bridgehead atoms. The maximum absolute atomic E-state index is 12.1. The Morgan fingerprint density at radius 2 is 1.57 bits per heavy atom. The Morgan fingerprint density at radius 3 is 2.30 bits per heavy atom. The van der Waals surface area contributed by atoms with Gasteiger partial charge in [-0.2, -0.15) is 0 Å². The Bertz CT molecular complexity index is 823.